The Labute approximate surface area is 129 Å². The van der Waals surface area contributed by atoms with Crippen LogP contribution in [0.4, 0.5) is 5.69 Å². The van der Waals surface area contributed by atoms with Crippen molar-refractivity contribution < 1.29 is 14.6 Å². The summed E-state index contributed by atoms with van der Waals surface area (Å²) in [6.45, 7) is 1.98. The maximum Gasteiger partial charge on any atom is 0.255 e. The molecule has 0 fully saturated rings. The normalized spacial score (nSPS) is 11.4. The first-order valence-corrected chi connectivity index (χ1v) is 6.42. The van der Waals surface area contributed by atoms with Gasteiger partial charge in [-0.15, -0.1) is 12.4 Å². The number of ether oxygens (including phenoxy) is 1. The van der Waals surface area contributed by atoms with Gasteiger partial charge < -0.3 is 20.9 Å². The highest BCUT2D eigenvalue weighted by molar-refractivity contribution is 6.33. The lowest BCUT2D eigenvalue weighted by Crippen LogP contribution is -2.33. The van der Waals surface area contributed by atoms with Crippen molar-refractivity contribution in [3.05, 3.63) is 22.7 Å². The number of benzene rings is 1. The molecule has 0 heterocycles. The van der Waals surface area contributed by atoms with Gasteiger partial charge in [0, 0.05) is 18.7 Å². The molecule has 0 aliphatic heterocycles. The molecule has 20 heavy (non-hydrogen) atoms. The minimum absolute atomic E-state index is 0. The van der Waals surface area contributed by atoms with E-state index in [1.165, 1.54) is 19.2 Å². The molecule has 4 N–H and O–H groups in total. The van der Waals surface area contributed by atoms with Crippen LogP contribution in [-0.2, 0) is 0 Å². The number of carbonyl (C=O) groups is 1. The van der Waals surface area contributed by atoms with E-state index in [-0.39, 0.29) is 31.0 Å². The molecule has 1 unspecified atom stereocenters. The number of anilines is 1. The van der Waals surface area contributed by atoms with Crippen molar-refractivity contribution >= 4 is 35.6 Å². The Morgan fingerprint density at radius 2 is 2.20 bits per heavy atom. The van der Waals surface area contributed by atoms with Gasteiger partial charge in [-0.25, -0.2) is 0 Å². The lowest BCUT2D eigenvalue weighted by atomic mass is 10.1. The van der Waals surface area contributed by atoms with Gasteiger partial charge >= 0.3 is 0 Å². The number of aliphatic hydroxyl groups excluding tert-OH is 1. The van der Waals surface area contributed by atoms with Gasteiger partial charge in [-0.1, -0.05) is 11.6 Å². The average molecular weight is 323 g/mol. The summed E-state index contributed by atoms with van der Waals surface area (Å²) in [5.74, 6) is 0.109. The number of halogens is 2. The van der Waals surface area contributed by atoms with Crippen LogP contribution >= 0.6 is 24.0 Å². The third-order valence-corrected chi connectivity index (χ3v) is 3.06. The predicted octanol–water partition coefficient (Wildman–Crippen LogP) is 2.24. The van der Waals surface area contributed by atoms with Crippen LogP contribution in [0.5, 0.6) is 5.75 Å². The van der Waals surface area contributed by atoms with Crippen LogP contribution in [0.15, 0.2) is 12.1 Å². The molecule has 0 aliphatic carbocycles. The summed E-state index contributed by atoms with van der Waals surface area (Å²) in [5, 5.41) is 11.9. The van der Waals surface area contributed by atoms with Gasteiger partial charge in [0.2, 0.25) is 0 Å². The average Bonchev–Trinajstić information content (AvgIpc) is 2.38. The van der Waals surface area contributed by atoms with Gasteiger partial charge in [0.15, 0.2) is 0 Å². The fraction of sp³-hybridized carbons (Fsp3) is 0.462. The molecule has 0 aliphatic rings. The largest absolute Gasteiger partial charge is 0.496 e. The summed E-state index contributed by atoms with van der Waals surface area (Å²) in [5.41, 5.74) is 6.37. The second-order valence-electron chi connectivity index (χ2n) is 4.31. The molecule has 5 nitrogen and oxygen atoms in total. The number of rotatable bonds is 6. The number of amides is 1. The standard InChI is InChI=1S/C13H19ClN2O3.ClH/c1-8(4-3-5-17)16-13(18)9-6-10(14)11(15)7-12(9)19-2;/h6-8,17H,3-5,15H2,1-2H3,(H,16,18);1H. The van der Waals surface area contributed by atoms with Crippen molar-refractivity contribution in [2.75, 3.05) is 19.5 Å². The number of nitrogen functional groups attached to an aromatic ring is 1. The molecule has 0 saturated carbocycles. The summed E-state index contributed by atoms with van der Waals surface area (Å²) in [7, 11) is 1.47. The van der Waals surface area contributed by atoms with Crippen LogP contribution in [0, 0.1) is 0 Å². The number of carbonyl (C=O) groups excluding carboxylic acids is 1. The second kappa shape index (κ2) is 8.89. The van der Waals surface area contributed by atoms with Gasteiger partial charge in [-0.3, -0.25) is 4.79 Å². The SMILES string of the molecule is COc1cc(N)c(Cl)cc1C(=O)NC(C)CCCO.Cl. The number of aliphatic hydroxyl groups is 1. The monoisotopic (exact) mass is 322 g/mol. The topological polar surface area (TPSA) is 84.6 Å². The van der Waals surface area contributed by atoms with E-state index in [9.17, 15) is 4.79 Å². The van der Waals surface area contributed by atoms with E-state index in [1.54, 1.807) is 0 Å². The Morgan fingerprint density at radius 1 is 1.55 bits per heavy atom. The lowest BCUT2D eigenvalue weighted by molar-refractivity contribution is 0.0933. The van der Waals surface area contributed by atoms with Gasteiger partial charge in [-0.2, -0.15) is 0 Å². The van der Waals surface area contributed by atoms with Gasteiger partial charge in [0.1, 0.15) is 5.75 Å². The summed E-state index contributed by atoms with van der Waals surface area (Å²) in [6, 6.07) is 2.97. The summed E-state index contributed by atoms with van der Waals surface area (Å²) >= 11 is 5.91. The molecule has 1 aromatic carbocycles. The first kappa shape index (κ1) is 18.8. The Bertz CT molecular complexity index is 455. The minimum atomic E-state index is -0.274. The fourth-order valence-electron chi connectivity index (χ4n) is 1.69. The summed E-state index contributed by atoms with van der Waals surface area (Å²) in [6.07, 6.45) is 1.34. The Balaban J connectivity index is 0.00000361. The molecule has 114 valence electrons. The van der Waals surface area contributed by atoms with Crippen LogP contribution in [0.25, 0.3) is 0 Å². The minimum Gasteiger partial charge on any atom is -0.496 e. The zero-order chi connectivity index (χ0) is 14.4. The highest BCUT2D eigenvalue weighted by Gasteiger charge is 2.16. The van der Waals surface area contributed by atoms with Crippen molar-refractivity contribution in [2.24, 2.45) is 0 Å². The molecule has 1 rings (SSSR count). The Hall–Kier alpha value is -1.17. The van der Waals surface area contributed by atoms with E-state index in [0.717, 1.165) is 0 Å². The van der Waals surface area contributed by atoms with Crippen LogP contribution in [-0.4, -0.2) is 30.8 Å². The number of hydrogen-bond acceptors (Lipinski definition) is 4. The van der Waals surface area contributed by atoms with Crippen molar-refractivity contribution in [2.45, 2.75) is 25.8 Å². The van der Waals surface area contributed by atoms with E-state index < -0.39 is 0 Å². The molecule has 0 radical (unpaired) electrons. The molecule has 0 aromatic heterocycles. The van der Waals surface area contributed by atoms with Gasteiger partial charge in [-0.05, 0) is 25.8 Å². The number of nitrogens with one attached hydrogen (secondary N) is 1. The zero-order valence-electron chi connectivity index (χ0n) is 11.5. The van der Waals surface area contributed by atoms with Crippen LogP contribution in [0.2, 0.25) is 5.02 Å². The molecule has 0 bridgehead atoms. The smallest absolute Gasteiger partial charge is 0.255 e. The van der Waals surface area contributed by atoms with Crippen molar-refractivity contribution in [1.82, 2.24) is 5.32 Å². The maximum atomic E-state index is 12.1. The van der Waals surface area contributed by atoms with Crippen LogP contribution < -0.4 is 15.8 Å². The van der Waals surface area contributed by atoms with Crippen molar-refractivity contribution in [3.63, 3.8) is 0 Å². The zero-order valence-corrected chi connectivity index (χ0v) is 13.1. The van der Waals surface area contributed by atoms with E-state index in [2.05, 4.69) is 5.32 Å². The third kappa shape index (κ3) is 5.07. The summed E-state index contributed by atoms with van der Waals surface area (Å²) < 4.78 is 5.13. The molecule has 1 atom stereocenters. The maximum absolute atomic E-state index is 12.1. The first-order valence-electron chi connectivity index (χ1n) is 6.04. The molecule has 1 aromatic rings. The Kier molecular flexibility index (Phi) is 8.37. The molecular weight excluding hydrogens is 303 g/mol. The van der Waals surface area contributed by atoms with Crippen molar-refractivity contribution in [3.8, 4) is 5.75 Å². The van der Waals surface area contributed by atoms with Crippen LogP contribution in [0.1, 0.15) is 30.1 Å². The van der Waals surface area contributed by atoms with E-state index in [1.807, 2.05) is 6.92 Å². The van der Waals surface area contributed by atoms with Gasteiger partial charge in [0.25, 0.3) is 5.91 Å². The van der Waals surface area contributed by atoms with Crippen molar-refractivity contribution in [1.29, 1.82) is 0 Å². The highest BCUT2D eigenvalue weighted by atomic mass is 35.5. The summed E-state index contributed by atoms with van der Waals surface area (Å²) in [4.78, 5) is 12.1. The quantitative estimate of drug-likeness (QED) is 0.701. The Morgan fingerprint density at radius 3 is 2.75 bits per heavy atom. The second-order valence-corrected chi connectivity index (χ2v) is 4.72. The van der Waals surface area contributed by atoms with E-state index >= 15 is 0 Å². The highest BCUT2D eigenvalue weighted by Crippen LogP contribution is 2.28. The predicted molar refractivity (Wildman–Crippen MR) is 82.9 cm³/mol. The fourth-order valence-corrected chi connectivity index (χ4v) is 1.85. The number of hydrogen-bond donors (Lipinski definition) is 3. The van der Waals surface area contributed by atoms with E-state index in [4.69, 9.17) is 27.2 Å². The first-order chi connectivity index (χ1) is 8.99. The molecular formula is C13H20Cl2N2O3. The third-order valence-electron chi connectivity index (χ3n) is 2.74. The molecule has 7 heteroatoms. The van der Waals surface area contributed by atoms with E-state index in [0.29, 0.717) is 34.9 Å². The number of methoxy groups -OCH3 is 1. The molecule has 0 spiro atoms. The van der Waals surface area contributed by atoms with Crippen LogP contribution in [0.3, 0.4) is 0 Å². The van der Waals surface area contributed by atoms with Gasteiger partial charge in [0.05, 0.1) is 23.4 Å². The molecule has 1 amide bonds. The lowest BCUT2D eigenvalue weighted by Gasteiger charge is -2.15. The molecule has 0 saturated heterocycles. The number of nitrogens with two attached hydrogens (primary N) is 1.